The number of hydrogen-bond donors (Lipinski definition) is 0. The summed E-state index contributed by atoms with van der Waals surface area (Å²) >= 11 is 0. The lowest BCUT2D eigenvalue weighted by Crippen LogP contribution is -2.43. The molecule has 7 nitrogen and oxygen atoms in total. The Balaban J connectivity index is 1.84. The average Bonchev–Trinajstić information content (AvgIpc) is 3.21. The summed E-state index contributed by atoms with van der Waals surface area (Å²) in [6.07, 6.45) is 0. The molecule has 0 saturated carbocycles. The highest BCUT2D eigenvalue weighted by molar-refractivity contribution is 7.89. The summed E-state index contributed by atoms with van der Waals surface area (Å²) in [6.45, 7) is 2.36. The average molecular weight is 457 g/mol. The molecule has 170 valence electrons. The van der Waals surface area contributed by atoms with Crippen molar-refractivity contribution in [1.29, 1.82) is 0 Å². The number of benzene rings is 2. The van der Waals surface area contributed by atoms with E-state index in [1.807, 2.05) is 49.4 Å². The van der Waals surface area contributed by atoms with Gasteiger partial charge in [0.15, 0.2) is 0 Å². The second-order valence-electron chi connectivity index (χ2n) is 7.39. The van der Waals surface area contributed by atoms with Gasteiger partial charge < -0.3 is 14.1 Å². The predicted molar refractivity (Wildman–Crippen MR) is 121 cm³/mol. The van der Waals surface area contributed by atoms with Crippen LogP contribution in [0.1, 0.15) is 17.1 Å². The van der Waals surface area contributed by atoms with Crippen LogP contribution in [0.15, 0.2) is 82.1 Å². The molecule has 0 spiro atoms. The maximum Gasteiger partial charge on any atom is 0.243 e. The molecule has 1 aromatic heterocycles. The van der Waals surface area contributed by atoms with Gasteiger partial charge >= 0.3 is 0 Å². The van der Waals surface area contributed by atoms with E-state index < -0.39 is 10.0 Å². The zero-order chi connectivity index (χ0) is 23.0. The van der Waals surface area contributed by atoms with E-state index in [4.69, 9.17) is 9.15 Å². The van der Waals surface area contributed by atoms with Gasteiger partial charge in [-0.25, -0.2) is 8.42 Å². The van der Waals surface area contributed by atoms with Gasteiger partial charge in [0.25, 0.3) is 0 Å². The van der Waals surface area contributed by atoms with Crippen LogP contribution in [0, 0.1) is 6.92 Å². The highest BCUT2D eigenvalue weighted by Crippen LogP contribution is 2.18. The summed E-state index contributed by atoms with van der Waals surface area (Å²) < 4.78 is 38.3. The molecule has 0 atom stereocenters. The van der Waals surface area contributed by atoms with Crippen molar-refractivity contribution in [3.05, 3.63) is 89.9 Å². The number of rotatable bonds is 11. The Labute approximate surface area is 189 Å². The first kappa shape index (κ1) is 23.7. The summed E-state index contributed by atoms with van der Waals surface area (Å²) in [5.74, 6) is 1.07. The standard InChI is InChI=1S/C24H28N2O5S/c1-20-13-14-22(31-20)18-25(17-21-9-5-3-6-10-21)24(27)19-26(15-16-30-2)32(28,29)23-11-7-4-8-12-23/h3-14H,15-19H2,1-2H3. The Bertz CT molecular complexity index is 1100. The van der Waals surface area contributed by atoms with Crippen LogP contribution in [0.4, 0.5) is 0 Å². The van der Waals surface area contributed by atoms with Crippen LogP contribution in [-0.4, -0.2) is 50.3 Å². The van der Waals surface area contributed by atoms with E-state index in [1.165, 1.54) is 23.5 Å². The maximum atomic E-state index is 13.3. The van der Waals surface area contributed by atoms with Gasteiger partial charge in [-0.2, -0.15) is 4.31 Å². The second-order valence-corrected chi connectivity index (χ2v) is 9.33. The van der Waals surface area contributed by atoms with Crippen molar-refractivity contribution in [3.8, 4) is 0 Å². The van der Waals surface area contributed by atoms with Crippen molar-refractivity contribution in [2.45, 2.75) is 24.9 Å². The molecule has 0 N–H and O–H groups in total. The lowest BCUT2D eigenvalue weighted by atomic mass is 10.2. The molecule has 1 heterocycles. The fourth-order valence-corrected chi connectivity index (χ4v) is 4.66. The molecule has 32 heavy (non-hydrogen) atoms. The van der Waals surface area contributed by atoms with E-state index >= 15 is 0 Å². The Morgan fingerprint density at radius 3 is 2.19 bits per heavy atom. The number of methoxy groups -OCH3 is 1. The zero-order valence-corrected chi connectivity index (χ0v) is 19.1. The molecular formula is C24H28N2O5S. The molecule has 3 rings (SSSR count). The molecule has 0 radical (unpaired) electrons. The van der Waals surface area contributed by atoms with E-state index in [0.29, 0.717) is 12.3 Å². The van der Waals surface area contributed by atoms with Gasteiger partial charge in [-0.1, -0.05) is 48.5 Å². The van der Waals surface area contributed by atoms with Gasteiger partial charge in [-0.15, -0.1) is 0 Å². The summed E-state index contributed by atoms with van der Waals surface area (Å²) in [7, 11) is -2.36. The minimum absolute atomic E-state index is 0.0680. The monoisotopic (exact) mass is 456 g/mol. The number of hydrogen-bond acceptors (Lipinski definition) is 5. The summed E-state index contributed by atoms with van der Waals surface area (Å²) in [4.78, 5) is 15.1. The smallest absolute Gasteiger partial charge is 0.243 e. The van der Waals surface area contributed by atoms with E-state index in [2.05, 4.69) is 0 Å². The van der Waals surface area contributed by atoms with Crippen molar-refractivity contribution in [1.82, 2.24) is 9.21 Å². The number of sulfonamides is 1. The molecule has 3 aromatic rings. The Kier molecular flexibility index (Phi) is 8.21. The topological polar surface area (TPSA) is 80.1 Å². The highest BCUT2D eigenvalue weighted by atomic mass is 32.2. The third kappa shape index (κ3) is 6.29. The number of carbonyl (C=O) groups excluding carboxylic acids is 1. The van der Waals surface area contributed by atoms with Crippen LogP contribution in [0.5, 0.6) is 0 Å². The molecule has 8 heteroatoms. The van der Waals surface area contributed by atoms with Crippen LogP contribution in [0.25, 0.3) is 0 Å². The van der Waals surface area contributed by atoms with Crippen molar-refractivity contribution in [2.75, 3.05) is 26.8 Å². The Morgan fingerprint density at radius 1 is 0.938 bits per heavy atom. The van der Waals surface area contributed by atoms with Gasteiger partial charge in [0, 0.05) is 20.2 Å². The quantitative estimate of drug-likeness (QED) is 0.442. The summed E-state index contributed by atoms with van der Waals surface area (Å²) in [5, 5.41) is 0. The summed E-state index contributed by atoms with van der Waals surface area (Å²) in [6, 6.07) is 21.3. The molecule has 0 aliphatic heterocycles. The van der Waals surface area contributed by atoms with Crippen LogP contribution in [0.3, 0.4) is 0 Å². The van der Waals surface area contributed by atoms with Crippen LogP contribution >= 0.6 is 0 Å². The second kappa shape index (κ2) is 11.1. The largest absolute Gasteiger partial charge is 0.464 e. The highest BCUT2D eigenvalue weighted by Gasteiger charge is 2.28. The molecule has 0 aliphatic carbocycles. The number of ether oxygens (including phenoxy) is 1. The Hall–Kier alpha value is -2.94. The molecule has 1 amide bonds. The van der Waals surface area contributed by atoms with Crippen molar-refractivity contribution < 1.29 is 22.4 Å². The van der Waals surface area contributed by atoms with Gasteiger partial charge in [-0.3, -0.25) is 4.79 Å². The lowest BCUT2D eigenvalue weighted by molar-refractivity contribution is -0.133. The minimum Gasteiger partial charge on any atom is -0.464 e. The number of nitrogens with zero attached hydrogens (tertiary/aromatic N) is 2. The third-order valence-corrected chi connectivity index (χ3v) is 6.81. The molecule has 0 saturated heterocycles. The van der Waals surface area contributed by atoms with Gasteiger partial charge in [0.1, 0.15) is 11.5 Å². The number of carbonyl (C=O) groups is 1. The van der Waals surface area contributed by atoms with Crippen LogP contribution in [-0.2, 0) is 32.6 Å². The van der Waals surface area contributed by atoms with Gasteiger partial charge in [0.2, 0.25) is 15.9 Å². The van der Waals surface area contributed by atoms with Gasteiger partial charge in [-0.05, 0) is 36.8 Å². The number of furan rings is 1. The molecule has 0 unspecified atom stereocenters. The van der Waals surface area contributed by atoms with Crippen LogP contribution < -0.4 is 0 Å². The first-order valence-corrected chi connectivity index (χ1v) is 11.8. The van der Waals surface area contributed by atoms with Crippen molar-refractivity contribution >= 4 is 15.9 Å². The molecule has 2 aromatic carbocycles. The van der Waals surface area contributed by atoms with Crippen molar-refractivity contribution in [3.63, 3.8) is 0 Å². The lowest BCUT2D eigenvalue weighted by Gasteiger charge is -2.27. The van der Waals surface area contributed by atoms with E-state index in [9.17, 15) is 13.2 Å². The molecule has 0 fully saturated rings. The SMILES string of the molecule is COCCN(CC(=O)N(Cc1ccccc1)Cc1ccc(C)o1)S(=O)(=O)c1ccccc1. The minimum atomic E-state index is -3.86. The number of aryl methyl sites for hydroxylation is 1. The van der Waals surface area contributed by atoms with Crippen molar-refractivity contribution in [2.24, 2.45) is 0 Å². The van der Waals surface area contributed by atoms with E-state index in [0.717, 1.165) is 11.3 Å². The van der Waals surface area contributed by atoms with Crippen LogP contribution in [0.2, 0.25) is 0 Å². The van der Waals surface area contributed by atoms with Gasteiger partial charge in [0.05, 0.1) is 24.6 Å². The number of amides is 1. The molecule has 0 bridgehead atoms. The van der Waals surface area contributed by atoms with E-state index in [-0.39, 0.29) is 37.0 Å². The fourth-order valence-electron chi connectivity index (χ4n) is 3.26. The predicted octanol–water partition coefficient (Wildman–Crippen LogP) is 3.45. The van der Waals surface area contributed by atoms with E-state index in [1.54, 1.807) is 23.1 Å². The zero-order valence-electron chi connectivity index (χ0n) is 18.3. The third-order valence-electron chi connectivity index (χ3n) is 4.95. The first-order chi connectivity index (χ1) is 15.4. The first-order valence-electron chi connectivity index (χ1n) is 10.3. The molecule has 0 aliphatic rings. The maximum absolute atomic E-state index is 13.3. The summed E-state index contributed by atoms with van der Waals surface area (Å²) in [5.41, 5.74) is 0.943. The normalized spacial score (nSPS) is 11.6. The molecular weight excluding hydrogens is 428 g/mol. The Morgan fingerprint density at radius 2 is 1.59 bits per heavy atom. The fraction of sp³-hybridized carbons (Fsp3) is 0.292.